The van der Waals surface area contributed by atoms with Crippen molar-refractivity contribution in [1.29, 1.82) is 0 Å². The second kappa shape index (κ2) is 6.58. The van der Waals surface area contributed by atoms with Gasteiger partial charge in [0.05, 0.1) is 4.92 Å². The monoisotopic (exact) mass is 340 g/mol. The molecule has 1 N–H and O–H groups in total. The molecule has 106 valence electrons. The van der Waals surface area contributed by atoms with Crippen LogP contribution in [-0.2, 0) is 6.42 Å². The maximum atomic E-state index is 10.8. The van der Waals surface area contributed by atoms with Gasteiger partial charge >= 0.3 is 0 Å². The van der Waals surface area contributed by atoms with Crippen molar-refractivity contribution in [3.05, 3.63) is 38.7 Å². The predicted molar refractivity (Wildman–Crippen MR) is 76.3 cm³/mol. The Morgan fingerprint density at radius 2 is 2.20 bits per heavy atom. The molecule has 1 aromatic carbocycles. The molecule has 2 aromatic rings. The lowest BCUT2D eigenvalue weighted by Crippen LogP contribution is -2.16. The Balaban J connectivity index is 2.21. The highest BCUT2D eigenvalue weighted by Gasteiger charge is 2.14. The third-order valence-corrected chi connectivity index (χ3v) is 3.03. The molecule has 0 atom stereocenters. The molecule has 0 saturated carbocycles. The van der Waals surface area contributed by atoms with E-state index in [2.05, 4.69) is 31.4 Å². The summed E-state index contributed by atoms with van der Waals surface area (Å²) in [6, 6.07) is 4.53. The first-order valence-electron chi connectivity index (χ1n) is 6.08. The molecule has 1 aromatic heterocycles. The molecular formula is C12H13BrN4O3. The highest BCUT2D eigenvalue weighted by atomic mass is 79.9. The van der Waals surface area contributed by atoms with Gasteiger partial charge in [0.2, 0.25) is 11.8 Å². The number of halogens is 1. The maximum Gasteiger partial charge on any atom is 0.271 e. The second-order valence-electron chi connectivity index (χ2n) is 4.06. The van der Waals surface area contributed by atoms with Crippen LogP contribution in [0.5, 0.6) is 0 Å². The average molecular weight is 341 g/mol. The van der Waals surface area contributed by atoms with Crippen molar-refractivity contribution in [3.8, 4) is 11.5 Å². The number of benzene rings is 1. The first-order chi connectivity index (χ1) is 9.60. The number of aromatic nitrogens is 2. The minimum Gasteiger partial charge on any atom is -0.421 e. The fraction of sp³-hybridized carbons (Fsp3) is 0.333. The third-order valence-electron chi connectivity index (χ3n) is 2.57. The van der Waals surface area contributed by atoms with Crippen LogP contribution in [-0.4, -0.2) is 28.2 Å². The van der Waals surface area contributed by atoms with Crippen molar-refractivity contribution < 1.29 is 9.34 Å². The highest BCUT2D eigenvalue weighted by Crippen LogP contribution is 2.27. The van der Waals surface area contributed by atoms with Gasteiger partial charge in [0, 0.05) is 35.1 Å². The minimum atomic E-state index is -0.462. The molecule has 0 unspecified atom stereocenters. The molecule has 0 aliphatic heterocycles. The third kappa shape index (κ3) is 3.61. The van der Waals surface area contributed by atoms with Crippen molar-refractivity contribution in [2.24, 2.45) is 0 Å². The summed E-state index contributed by atoms with van der Waals surface area (Å²) in [4.78, 5) is 10.4. The summed E-state index contributed by atoms with van der Waals surface area (Å²) in [5.41, 5.74) is 0.495. The molecule has 8 heteroatoms. The molecule has 0 fully saturated rings. The molecule has 0 saturated heterocycles. The molecule has 20 heavy (non-hydrogen) atoms. The van der Waals surface area contributed by atoms with E-state index in [4.69, 9.17) is 4.42 Å². The molecule has 0 amide bonds. The van der Waals surface area contributed by atoms with Crippen molar-refractivity contribution in [2.75, 3.05) is 13.1 Å². The van der Waals surface area contributed by atoms with E-state index in [-0.39, 0.29) is 11.6 Å². The standard InChI is InChI=1S/C12H13BrN4O3/c1-2-14-4-3-11-15-16-12(20-11)8-5-9(13)7-10(6-8)17(18)19/h5-7,14H,2-4H2,1H3. The first kappa shape index (κ1) is 14.6. The summed E-state index contributed by atoms with van der Waals surface area (Å²) >= 11 is 3.23. The van der Waals surface area contributed by atoms with Gasteiger partial charge in [-0.05, 0) is 12.6 Å². The summed E-state index contributed by atoms with van der Waals surface area (Å²) < 4.78 is 6.09. The van der Waals surface area contributed by atoms with E-state index >= 15 is 0 Å². The van der Waals surface area contributed by atoms with Crippen LogP contribution in [0.25, 0.3) is 11.5 Å². The van der Waals surface area contributed by atoms with Crippen LogP contribution < -0.4 is 5.32 Å². The molecule has 1 heterocycles. The highest BCUT2D eigenvalue weighted by molar-refractivity contribution is 9.10. The van der Waals surface area contributed by atoms with Crippen molar-refractivity contribution in [1.82, 2.24) is 15.5 Å². The van der Waals surface area contributed by atoms with Gasteiger partial charge in [0.15, 0.2) is 0 Å². The summed E-state index contributed by atoms with van der Waals surface area (Å²) in [6.45, 7) is 3.63. The largest absolute Gasteiger partial charge is 0.421 e. The molecule has 0 bridgehead atoms. The molecule has 0 aliphatic rings. The van der Waals surface area contributed by atoms with Crippen molar-refractivity contribution in [3.63, 3.8) is 0 Å². The zero-order valence-electron chi connectivity index (χ0n) is 10.8. The topological polar surface area (TPSA) is 94.1 Å². The summed E-state index contributed by atoms with van der Waals surface area (Å²) in [7, 11) is 0. The Morgan fingerprint density at radius 3 is 2.90 bits per heavy atom. The number of non-ortho nitro benzene ring substituents is 1. The first-order valence-corrected chi connectivity index (χ1v) is 6.88. The van der Waals surface area contributed by atoms with E-state index < -0.39 is 4.92 Å². The number of rotatable bonds is 6. The Hall–Kier alpha value is -1.80. The van der Waals surface area contributed by atoms with Crippen LogP contribution >= 0.6 is 15.9 Å². The summed E-state index contributed by atoms with van der Waals surface area (Å²) in [5.74, 6) is 0.782. The van der Waals surface area contributed by atoms with Gasteiger partial charge in [0.25, 0.3) is 5.69 Å². The van der Waals surface area contributed by atoms with Crippen LogP contribution in [0.4, 0.5) is 5.69 Å². The number of likely N-dealkylation sites (N-methyl/N-ethyl adjacent to an activating group) is 1. The Labute approximate surface area is 123 Å². The van der Waals surface area contributed by atoms with E-state index in [1.807, 2.05) is 6.92 Å². The quantitative estimate of drug-likeness (QED) is 0.493. The van der Waals surface area contributed by atoms with Gasteiger partial charge in [-0.25, -0.2) is 0 Å². The number of nitrogens with zero attached hydrogens (tertiary/aromatic N) is 3. The lowest BCUT2D eigenvalue weighted by molar-refractivity contribution is -0.384. The van der Waals surface area contributed by atoms with E-state index in [0.29, 0.717) is 22.3 Å². The van der Waals surface area contributed by atoms with Gasteiger partial charge in [-0.2, -0.15) is 0 Å². The summed E-state index contributed by atoms with van der Waals surface area (Å²) in [6.07, 6.45) is 0.622. The lowest BCUT2D eigenvalue weighted by atomic mass is 10.2. The molecule has 0 spiro atoms. The molecule has 2 rings (SSSR count). The molecular weight excluding hydrogens is 328 g/mol. The van der Waals surface area contributed by atoms with E-state index in [1.54, 1.807) is 6.07 Å². The van der Waals surface area contributed by atoms with Crippen molar-refractivity contribution >= 4 is 21.6 Å². The predicted octanol–water partition coefficient (Wildman–Crippen LogP) is 2.56. The Morgan fingerprint density at radius 1 is 1.40 bits per heavy atom. The van der Waals surface area contributed by atoms with E-state index in [1.165, 1.54) is 12.1 Å². The number of nitro groups is 1. The fourth-order valence-electron chi connectivity index (χ4n) is 1.65. The number of nitro benzene ring substituents is 1. The zero-order valence-corrected chi connectivity index (χ0v) is 12.4. The average Bonchev–Trinajstić information content (AvgIpc) is 2.87. The van der Waals surface area contributed by atoms with Crippen molar-refractivity contribution in [2.45, 2.75) is 13.3 Å². The lowest BCUT2D eigenvalue weighted by Gasteiger charge is -1.98. The normalized spacial score (nSPS) is 10.7. The van der Waals surface area contributed by atoms with Gasteiger partial charge in [-0.3, -0.25) is 10.1 Å². The van der Waals surface area contributed by atoms with Crippen LogP contribution in [0.15, 0.2) is 27.1 Å². The molecule has 0 radical (unpaired) electrons. The van der Waals surface area contributed by atoms with Crippen LogP contribution in [0.1, 0.15) is 12.8 Å². The Bertz CT molecular complexity index is 614. The SMILES string of the molecule is CCNCCc1nnc(-c2cc(Br)cc([N+](=O)[O-])c2)o1. The number of hydrogen-bond acceptors (Lipinski definition) is 6. The van der Waals surface area contributed by atoms with Crippen LogP contribution in [0, 0.1) is 10.1 Å². The maximum absolute atomic E-state index is 10.8. The van der Waals surface area contributed by atoms with E-state index in [0.717, 1.165) is 13.1 Å². The van der Waals surface area contributed by atoms with Gasteiger partial charge in [-0.1, -0.05) is 22.9 Å². The van der Waals surface area contributed by atoms with Crippen LogP contribution in [0.3, 0.4) is 0 Å². The molecule has 7 nitrogen and oxygen atoms in total. The van der Waals surface area contributed by atoms with E-state index in [9.17, 15) is 10.1 Å². The minimum absolute atomic E-state index is 0.0261. The number of hydrogen-bond donors (Lipinski definition) is 1. The van der Waals surface area contributed by atoms with Gasteiger partial charge in [-0.15, -0.1) is 10.2 Å². The van der Waals surface area contributed by atoms with Gasteiger partial charge < -0.3 is 9.73 Å². The summed E-state index contributed by atoms with van der Waals surface area (Å²) in [5, 5.41) is 21.8. The zero-order chi connectivity index (χ0) is 14.5. The fourth-order valence-corrected chi connectivity index (χ4v) is 2.13. The van der Waals surface area contributed by atoms with Crippen LogP contribution in [0.2, 0.25) is 0 Å². The van der Waals surface area contributed by atoms with Gasteiger partial charge in [0.1, 0.15) is 0 Å². The smallest absolute Gasteiger partial charge is 0.271 e. The number of nitrogens with one attached hydrogen (secondary N) is 1. The Kier molecular flexibility index (Phi) is 4.80. The molecule has 0 aliphatic carbocycles. The second-order valence-corrected chi connectivity index (χ2v) is 4.98.